The zero-order valence-electron chi connectivity index (χ0n) is 10.2. The minimum Gasteiger partial charge on any atom is -0.377 e. The first kappa shape index (κ1) is 13.4. The lowest BCUT2D eigenvalue weighted by Gasteiger charge is -2.14. The monoisotopic (exact) mass is 315 g/mol. The summed E-state index contributed by atoms with van der Waals surface area (Å²) >= 11 is 5.55. The van der Waals surface area contributed by atoms with Crippen LogP contribution in [-0.4, -0.2) is 25.0 Å². The van der Waals surface area contributed by atoms with Crippen LogP contribution in [0.2, 0.25) is 0 Å². The highest BCUT2D eigenvalue weighted by molar-refractivity contribution is 9.10. The van der Waals surface area contributed by atoms with Gasteiger partial charge in [-0.3, -0.25) is 0 Å². The third-order valence-corrected chi connectivity index (χ3v) is 5.17. The third kappa shape index (κ3) is 3.47. The number of rotatable bonds is 4. The van der Waals surface area contributed by atoms with Crippen molar-refractivity contribution < 1.29 is 4.74 Å². The van der Waals surface area contributed by atoms with Gasteiger partial charge in [0.2, 0.25) is 0 Å². The van der Waals surface area contributed by atoms with Crippen LogP contribution in [0.3, 0.4) is 0 Å². The van der Waals surface area contributed by atoms with Gasteiger partial charge in [-0.2, -0.15) is 0 Å². The van der Waals surface area contributed by atoms with Gasteiger partial charge in [-0.25, -0.2) is 0 Å². The van der Waals surface area contributed by atoms with Gasteiger partial charge >= 0.3 is 0 Å². The summed E-state index contributed by atoms with van der Waals surface area (Å²) < 4.78 is 6.77. The van der Waals surface area contributed by atoms with Gasteiger partial charge in [0, 0.05) is 27.8 Å². The zero-order chi connectivity index (χ0) is 12.3. The second-order valence-electron chi connectivity index (χ2n) is 4.30. The highest BCUT2D eigenvalue weighted by Crippen LogP contribution is 2.34. The molecule has 0 aliphatic carbocycles. The van der Waals surface area contributed by atoms with Gasteiger partial charge in [0.25, 0.3) is 0 Å². The van der Waals surface area contributed by atoms with E-state index in [9.17, 15) is 0 Å². The molecule has 0 amide bonds. The first-order valence-corrected chi connectivity index (χ1v) is 7.59. The molecule has 0 saturated carbocycles. The Morgan fingerprint density at radius 2 is 2.35 bits per heavy atom. The van der Waals surface area contributed by atoms with E-state index in [1.54, 1.807) is 0 Å². The van der Waals surface area contributed by atoms with Crippen LogP contribution in [0, 0.1) is 0 Å². The molecule has 2 nitrogen and oxygen atoms in total. The van der Waals surface area contributed by atoms with E-state index in [0.717, 1.165) is 19.6 Å². The molecule has 1 N–H and O–H groups in total. The Morgan fingerprint density at radius 1 is 1.53 bits per heavy atom. The van der Waals surface area contributed by atoms with E-state index in [1.807, 2.05) is 18.8 Å². The van der Waals surface area contributed by atoms with E-state index in [2.05, 4.69) is 46.4 Å². The molecule has 1 aromatic rings. The third-order valence-electron chi connectivity index (χ3n) is 2.99. The number of hydrogen-bond donors (Lipinski definition) is 1. The fraction of sp³-hybridized carbons (Fsp3) is 0.538. The Hall–Kier alpha value is -0.0300. The van der Waals surface area contributed by atoms with E-state index >= 15 is 0 Å². The summed E-state index contributed by atoms with van der Waals surface area (Å²) in [5, 5.41) is 3.76. The van der Waals surface area contributed by atoms with Gasteiger partial charge in [-0.15, -0.1) is 11.8 Å². The molecule has 17 heavy (non-hydrogen) atoms. The lowest BCUT2D eigenvalue weighted by molar-refractivity contribution is 0.127. The van der Waals surface area contributed by atoms with Gasteiger partial charge in [-0.1, -0.05) is 22.0 Å². The van der Waals surface area contributed by atoms with Gasteiger partial charge in [0.1, 0.15) is 0 Å². The largest absolute Gasteiger partial charge is 0.377 e. The molecule has 1 aliphatic heterocycles. The Kier molecular flexibility index (Phi) is 4.91. The molecule has 94 valence electrons. The number of benzene rings is 1. The van der Waals surface area contributed by atoms with Crippen molar-refractivity contribution in [2.45, 2.75) is 36.1 Å². The molecule has 1 aliphatic rings. The van der Waals surface area contributed by atoms with Crippen molar-refractivity contribution in [2.75, 3.05) is 13.7 Å². The number of nitrogens with one attached hydrogen (secondary N) is 1. The molecule has 2 atom stereocenters. The lowest BCUT2D eigenvalue weighted by atomic mass is 10.2. The molecule has 0 bridgehead atoms. The van der Waals surface area contributed by atoms with Crippen molar-refractivity contribution in [1.29, 1.82) is 0 Å². The second-order valence-corrected chi connectivity index (χ2v) is 6.47. The first-order chi connectivity index (χ1) is 8.20. The van der Waals surface area contributed by atoms with Crippen molar-refractivity contribution in [2.24, 2.45) is 0 Å². The smallest absolute Gasteiger partial charge is 0.0669 e. The molecule has 2 rings (SSSR count). The van der Waals surface area contributed by atoms with Crippen LogP contribution in [0.5, 0.6) is 0 Å². The summed E-state index contributed by atoms with van der Waals surface area (Å²) in [6.07, 6.45) is 1.53. The van der Waals surface area contributed by atoms with Crippen LogP contribution in [0.25, 0.3) is 0 Å². The van der Waals surface area contributed by atoms with Crippen molar-refractivity contribution >= 4 is 27.7 Å². The molecule has 2 unspecified atom stereocenters. The van der Waals surface area contributed by atoms with Crippen molar-refractivity contribution in [1.82, 2.24) is 5.32 Å². The fourth-order valence-corrected chi connectivity index (χ4v) is 3.81. The minimum absolute atomic E-state index is 0.371. The highest BCUT2D eigenvalue weighted by Gasteiger charge is 2.25. The van der Waals surface area contributed by atoms with Crippen LogP contribution in [0.15, 0.2) is 27.6 Å². The van der Waals surface area contributed by atoms with Gasteiger partial charge < -0.3 is 10.1 Å². The van der Waals surface area contributed by atoms with Gasteiger partial charge in [-0.05, 0) is 38.1 Å². The van der Waals surface area contributed by atoms with Crippen LogP contribution in [0.1, 0.15) is 18.9 Å². The van der Waals surface area contributed by atoms with E-state index in [-0.39, 0.29) is 0 Å². The summed E-state index contributed by atoms with van der Waals surface area (Å²) in [7, 11) is 1.96. The molecule has 1 fully saturated rings. The van der Waals surface area contributed by atoms with Crippen LogP contribution < -0.4 is 5.32 Å². The van der Waals surface area contributed by atoms with Crippen molar-refractivity contribution in [3.05, 3.63) is 28.2 Å². The van der Waals surface area contributed by atoms with E-state index in [1.165, 1.54) is 14.9 Å². The van der Waals surface area contributed by atoms with Crippen LogP contribution in [-0.2, 0) is 11.3 Å². The second kappa shape index (κ2) is 6.23. The predicted molar refractivity (Wildman–Crippen MR) is 76.6 cm³/mol. The molecule has 1 heterocycles. The number of ether oxygens (including phenoxy) is 1. The summed E-state index contributed by atoms with van der Waals surface area (Å²) in [5.41, 5.74) is 1.30. The summed E-state index contributed by atoms with van der Waals surface area (Å²) in [6, 6.07) is 6.60. The maximum atomic E-state index is 5.59. The zero-order valence-corrected chi connectivity index (χ0v) is 12.6. The molecule has 4 heteroatoms. The summed E-state index contributed by atoms with van der Waals surface area (Å²) in [6.45, 7) is 3.96. The van der Waals surface area contributed by atoms with Crippen molar-refractivity contribution in [3.63, 3.8) is 0 Å². The first-order valence-electron chi connectivity index (χ1n) is 5.92. The average Bonchev–Trinajstić information content (AvgIpc) is 2.69. The topological polar surface area (TPSA) is 21.3 Å². The Morgan fingerprint density at radius 3 is 2.94 bits per heavy atom. The molecule has 0 spiro atoms. The Bertz CT molecular complexity index is 386. The lowest BCUT2D eigenvalue weighted by Crippen LogP contribution is -2.13. The maximum Gasteiger partial charge on any atom is 0.0669 e. The molecule has 1 aromatic carbocycles. The number of halogens is 1. The molecule has 1 saturated heterocycles. The average molecular weight is 316 g/mol. The molecular formula is C13H18BrNOS. The summed E-state index contributed by atoms with van der Waals surface area (Å²) in [5.74, 6) is 0. The van der Waals surface area contributed by atoms with Crippen molar-refractivity contribution in [3.8, 4) is 0 Å². The SMILES string of the molecule is CNCc1ccc(SC2CCOC2C)cc1Br. The molecular weight excluding hydrogens is 298 g/mol. The normalized spacial score (nSPS) is 24.2. The number of hydrogen-bond acceptors (Lipinski definition) is 3. The van der Waals surface area contributed by atoms with Crippen LogP contribution in [0.4, 0.5) is 0 Å². The van der Waals surface area contributed by atoms with E-state index in [4.69, 9.17) is 4.74 Å². The minimum atomic E-state index is 0.371. The van der Waals surface area contributed by atoms with E-state index in [0.29, 0.717) is 11.4 Å². The van der Waals surface area contributed by atoms with Gasteiger partial charge in [0.15, 0.2) is 0 Å². The Balaban J connectivity index is 2.04. The van der Waals surface area contributed by atoms with Gasteiger partial charge in [0.05, 0.1) is 6.10 Å². The fourth-order valence-electron chi connectivity index (χ4n) is 1.98. The number of thioether (sulfide) groups is 1. The molecule has 0 radical (unpaired) electrons. The quantitative estimate of drug-likeness (QED) is 0.919. The molecule has 0 aromatic heterocycles. The Labute approximate surface area is 116 Å². The summed E-state index contributed by atoms with van der Waals surface area (Å²) in [4.78, 5) is 1.32. The van der Waals surface area contributed by atoms with E-state index < -0.39 is 0 Å². The predicted octanol–water partition coefficient (Wildman–Crippen LogP) is 3.44. The maximum absolute atomic E-state index is 5.59. The standard InChI is InChI=1S/C13H18BrNOS/c1-9-13(5-6-16-9)17-11-4-3-10(8-15-2)12(14)7-11/h3-4,7,9,13,15H,5-6,8H2,1-2H3. The van der Waals surface area contributed by atoms with Crippen LogP contribution >= 0.6 is 27.7 Å². The highest BCUT2D eigenvalue weighted by atomic mass is 79.9.